The summed E-state index contributed by atoms with van der Waals surface area (Å²) in [6.45, 7) is 7.74. The number of nitrogens with zero attached hydrogens (tertiary/aromatic N) is 1. The van der Waals surface area contributed by atoms with E-state index < -0.39 is 0 Å². The normalized spacial score (nSPS) is 12.6. The minimum Gasteiger partial charge on any atom is -0.383 e. The number of hydrogen-bond donors (Lipinski definition) is 3. The molecule has 0 aliphatic rings. The molecule has 1 aromatic carbocycles. The van der Waals surface area contributed by atoms with Crippen molar-refractivity contribution in [1.29, 1.82) is 0 Å². The lowest BCUT2D eigenvalue weighted by Crippen LogP contribution is -2.44. The van der Waals surface area contributed by atoms with Crippen LogP contribution in [0.3, 0.4) is 0 Å². The van der Waals surface area contributed by atoms with E-state index in [-0.39, 0.29) is 11.9 Å². The molecule has 0 spiro atoms. The van der Waals surface area contributed by atoms with Crippen LogP contribution in [-0.2, 0) is 16.0 Å². The molecule has 6 nitrogen and oxygen atoms in total. The summed E-state index contributed by atoms with van der Waals surface area (Å²) in [7, 11) is 1.69. The zero-order valence-electron chi connectivity index (χ0n) is 14.5. The molecule has 3 N–H and O–H groups in total. The first-order valence-corrected chi connectivity index (χ1v) is 7.95. The number of guanidine groups is 1. The van der Waals surface area contributed by atoms with E-state index in [0.717, 1.165) is 24.6 Å². The van der Waals surface area contributed by atoms with E-state index in [1.165, 1.54) is 12.5 Å². The molecular weight excluding hydrogens is 292 g/mol. The highest BCUT2D eigenvalue weighted by Gasteiger charge is 2.04. The highest BCUT2D eigenvalue weighted by Crippen LogP contribution is 2.10. The van der Waals surface area contributed by atoms with Gasteiger partial charge in [0.2, 0.25) is 5.91 Å². The van der Waals surface area contributed by atoms with Crippen molar-refractivity contribution in [2.75, 3.05) is 32.1 Å². The van der Waals surface area contributed by atoms with Gasteiger partial charge in [-0.25, -0.2) is 0 Å². The lowest BCUT2D eigenvalue weighted by Gasteiger charge is -2.17. The van der Waals surface area contributed by atoms with E-state index in [4.69, 9.17) is 4.74 Å². The van der Waals surface area contributed by atoms with Crippen LogP contribution in [0.25, 0.3) is 0 Å². The summed E-state index contributed by atoms with van der Waals surface area (Å²) in [4.78, 5) is 15.6. The Bertz CT molecular complexity index is 500. The molecule has 0 saturated heterocycles. The maximum atomic E-state index is 11.0. The van der Waals surface area contributed by atoms with Gasteiger partial charge in [-0.2, -0.15) is 0 Å². The Morgan fingerprint density at radius 1 is 1.30 bits per heavy atom. The fraction of sp³-hybridized carbons (Fsp3) is 0.529. The van der Waals surface area contributed by atoms with Gasteiger partial charge in [0.25, 0.3) is 0 Å². The number of anilines is 1. The quantitative estimate of drug-likeness (QED) is 0.504. The molecule has 0 heterocycles. The van der Waals surface area contributed by atoms with E-state index in [0.29, 0.717) is 13.2 Å². The van der Waals surface area contributed by atoms with Gasteiger partial charge >= 0.3 is 0 Å². The summed E-state index contributed by atoms with van der Waals surface area (Å²) in [6, 6.07) is 8.04. The second-order valence-electron chi connectivity index (χ2n) is 5.39. The molecule has 1 atom stereocenters. The van der Waals surface area contributed by atoms with Gasteiger partial charge in [0.05, 0.1) is 6.61 Å². The topological polar surface area (TPSA) is 74.8 Å². The van der Waals surface area contributed by atoms with Gasteiger partial charge in [0.15, 0.2) is 5.96 Å². The lowest BCUT2D eigenvalue weighted by atomic mass is 10.1. The maximum absolute atomic E-state index is 11.0. The Morgan fingerprint density at radius 3 is 2.57 bits per heavy atom. The van der Waals surface area contributed by atoms with Crippen molar-refractivity contribution in [1.82, 2.24) is 10.6 Å². The van der Waals surface area contributed by atoms with Gasteiger partial charge in [-0.05, 0) is 38.0 Å². The largest absolute Gasteiger partial charge is 0.383 e. The van der Waals surface area contributed by atoms with Gasteiger partial charge in [-0.1, -0.05) is 12.1 Å². The Morgan fingerprint density at radius 2 is 2.00 bits per heavy atom. The van der Waals surface area contributed by atoms with Crippen molar-refractivity contribution in [3.63, 3.8) is 0 Å². The van der Waals surface area contributed by atoms with Crippen molar-refractivity contribution < 1.29 is 9.53 Å². The third kappa shape index (κ3) is 8.21. The fourth-order valence-corrected chi connectivity index (χ4v) is 2.10. The molecule has 0 aliphatic heterocycles. The zero-order chi connectivity index (χ0) is 17.1. The van der Waals surface area contributed by atoms with E-state index >= 15 is 0 Å². The van der Waals surface area contributed by atoms with Gasteiger partial charge < -0.3 is 20.7 Å². The van der Waals surface area contributed by atoms with Gasteiger partial charge in [-0.3, -0.25) is 9.79 Å². The summed E-state index contributed by atoms with van der Waals surface area (Å²) >= 11 is 0. The number of carbonyl (C=O) groups is 1. The minimum absolute atomic E-state index is 0.0612. The number of benzene rings is 1. The van der Waals surface area contributed by atoms with Crippen LogP contribution >= 0.6 is 0 Å². The van der Waals surface area contributed by atoms with Crippen LogP contribution < -0.4 is 16.0 Å². The highest BCUT2D eigenvalue weighted by atomic mass is 16.5. The predicted molar refractivity (Wildman–Crippen MR) is 94.9 cm³/mol. The van der Waals surface area contributed by atoms with Gasteiger partial charge in [0.1, 0.15) is 0 Å². The molecule has 0 bridgehead atoms. The first kappa shape index (κ1) is 19.0. The summed E-state index contributed by atoms with van der Waals surface area (Å²) in [5.41, 5.74) is 2.00. The van der Waals surface area contributed by atoms with Crippen LogP contribution in [0.1, 0.15) is 26.3 Å². The monoisotopic (exact) mass is 320 g/mol. The number of aliphatic imine (C=N–C) groups is 1. The summed E-state index contributed by atoms with van der Waals surface area (Å²) in [6.07, 6.45) is 0.843. The minimum atomic E-state index is -0.0612. The number of ether oxygens (including phenoxy) is 1. The number of rotatable bonds is 8. The van der Waals surface area contributed by atoms with Gasteiger partial charge in [0, 0.05) is 38.9 Å². The molecule has 0 fully saturated rings. The molecule has 23 heavy (non-hydrogen) atoms. The van der Waals surface area contributed by atoms with Crippen molar-refractivity contribution in [2.45, 2.75) is 33.2 Å². The van der Waals surface area contributed by atoms with Crippen LogP contribution in [0.5, 0.6) is 0 Å². The Kier molecular flexibility index (Phi) is 8.75. The number of amides is 1. The smallest absolute Gasteiger partial charge is 0.221 e. The van der Waals surface area contributed by atoms with Crippen molar-refractivity contribution in [2.24, 2.45) is 4.99 Å². The standard InChI is InChI=1S/C17H28N4O2/c1-5-18-17(20-13(2)12-23-4)19-11-10-15-6-8-16(9-7-15)21-14(3)22/h6-9,13H,5,10-12H2,1-4H3,(H,21,22)(H2,18,19,20). The molecule has 1 rings (SSSR count). The van der Waals surface area contributed by atoms with E-state index in [2.05, 4.69) is 27.9 Å². The third-order valence-electron chi connectivity index (χ3n) is 3.09. The number of carbonyl (C=O) groups excluding carboxylic acids is 1. The first-order chi connectivity index (χ1) is 11.0. The average Bonchev–Trinajstić information content (AvgIpc) is 2.49. The van der Waals surface area contributed by atoms with E-state index in [1.54, 1.807) is 7.11 Å². The second kappa shape index (κ2) is 10.6. The van der Waals surface area contributed by atoms with Crippen LogP contribution in [0.2, 0.25) is 0 Å². The molecular formula is C17H28N4O2. The zero-order valence-corrected chi connectivity index (χ0v) is 14.5. The van der Waals surface area contributed by atoms with Crippen LogP contribution in [0.15, 0.2) is 29.3 Å². The molecule has 1 aromatic rings. The molecule has 0 aliphatic carbocycles. The maximum Gasteiger partial charge on any atom is 0.221 e. The van der Waals surface area contributed by atoms with E-state index in [1.807, 2.05) is 31.2 Å². The number of methoxy groups -OCH3 is 1. The third-order valence-corrected chi connectivity index (χ3v) is 3.09. The summed E-state index contributed by atoms with van der Waals surface area (Å²) in [5, 5.41) is 9.29. The molecule has 0 radical (unpaired) electrons. The molecule has 1 amide bonds. The van der Waals surface area contributed by atoms with E-state index in [9.17, 15) is 4.79 Å². The Balaban J connectivity index is 2.51. The van der Waals surface area contributed by atoms with Crippen LogP contribution in [0.4, 0.5) is 5.69 Å². The summed E-state index contributed by atoms with van der Waals surface area (Å²) < 4.78 is 5.12. The lowest BCUT2D eigenvalue weighted by molar-refractivity contribution is -0.114. The van der Waals surface area contributed by atoms with Crippen molar-refractivity contribution in [3.8, 4) is 0 Å². The van der Waals surface area contributed by atoms with Crippen LogP contribution in [0, 0.1) is 0 Å². The first-order valence-electron chi connectivity index (χ1n) is 7.95. The molecule has 6 heteroatoms. The number of nitrogens with one attached hydrogen (secondary N) is 3. The second-order valence-corrected chi connectivity index (χ2v) is 5.39. The average molecular weight is 320 g/mol. The predicted octanol–water partition coefficient (Wildman–Crippen LogP) is 1.78. The molecule has 0 saturated carbocycles. The SMILES string of the molecule is CCNC(=NCCc1ccc(NC(C)=O)cc1)NC(C)COC. The molecule has 128 valence electrons. The molecule has 0 aromatic heterocycles. The Labute approximate surface area is 138 Å². The van der Waals surface area contributed by atoms with Gasteiger partial charge in [-0.15, -0.1) is 0 Å². The number of hydrogen-bond acceptors (Lipinski definition) is 3. The Hall–Kier alpha value is -2.08. The van der Waals surface area contributed by atoms with Crippen molar-refractivity contribution in [3.05, 3.63) is 29.8 Å². The van der Waals surface area contributed by atoms with Crippen LogP contribution in [-0.4, -0.2) is 44.7 Å². The van der Waals surface area contributed by atoms with Crippen molar-refractivity contribution >= 4 is 17.6 Å². The fourth-order valence-electron chi connectivity index (χ4n) is 2.10. The molecule has 1 unspecified atom stereocenters. The highest BCUT2D eigenvalue weighted by molar-refractivity contribution is 5.88. The summed E-state index contributed by atoms with van der Waals surface area (Å²) in [5.74, 6) is 0.737.